The first-order chi connectivity index (χ1) is 23.2. The van der Waals surface area contributed by atoms with Crippen molar-refractivity contribution in [2.24, 2.45) is 0 Å². The van der Waals surface area contributed by atoms with E-state index in [0.29, 0.717) is 29.9 Å². The number of hydrogen-bond donors (Lipinski definition) is 0. The molecule has 1 fully saturated rings. The van der Waals surface area contributed by atoms with E-state index in [1.165, 1.54) is 0 Å². The molecule has 0 radical (unpaired) electrons. The zero-order chi connectivity index (χ0) is 34.5. The largest absolute Gasteiger partial charge is 0.494 e. The van der Waals surface area contributed by atoms with Crippen LogP contribution >= 0.6 is 0 Å². The first-order valence-electron chi connectivity index (χ1n) is 15.7. The predicted octanol–water partition coefficient (Wildman–Crippen LogP) is 5.75. The molecule has 0 bridgehead atoms. The third kappa shape index (κ3) is 9.69. The molecule has 4 rings (SSSR count). The number of ketones is 2. The summed E-state index contributed by atoms with van der Waals surface area (Å²) >= 11 is 0. The molecular weight excluding hydrogens is 620 g/mol. The number of esters is 3. The van der Waals surface area contributed by atoms with Crippen molar-refractivity contribution in [3.8, 4) is 22.6 Å². The van der Waals surface area contributed by atoms with Crippen molar-refractivity contribution < 1.29 is 52.4 Å². The van der Waals surface area contributed by atoms with Gasteiger partial charge in [-0.15, -0.1) is 0 Å². The van der Waals surface area contributed by atoms with Crippen molar-refractivity contribution >= 4 is 29.5 Å². The summed E-state index contributed by atoms with van der Waals surface area (Å²) in [6.07, 6.45) is -0.154. The molecule has 0 aromatic heterocycles. The number of carbonyl (C=O) groups is 5. The normalized spacial score (nSPS) is 15.7. The number of allylic oxidation sites excluding steroid dienone is 1. The standard InChI is InChI=1S/C37H38O11/c1-4-30(38)31(39)10-8-7-9-23-45-28-19-15-25(16-20-28)24-11-13-26(14-12-24)34(40)46-29-21-17-27(18-22-29)37-47-32(35(41)43-5-2)33(48-37)36(42)44-6-3/h4,11-22,32-33,37H,1,5-10,23H2,2-3H3/t32-,33-/m1/s1. The van der Waals surface area contributed by atoms with Gasteiger partial charge in [-0.1, -0.05) is 43.0 Å². The van der Waals surface area contributed by atoms with Gasteiger partial charge in [0.2, 0.25) is 11.6 Å². The van der Waals surface area contributed by atoms with Gasteiger partial charge in [0.05, 0.1) is 25.4 Å². The number of Topliss-reactive ketones (excluding diaryl/α,β-unsaturated/α-hetero) is 1. The van der Waals surface area contributed by atoms with Gasteiger partial charge in [-0.3, -0.25) is 9.59 Å². The van der Waals surface area contributed by atoms with Crippen molar-refractivity contribution in [3.05, 3.63) is 96.6 Å². The molecule has 0 saturated carbocycles. The molecule has 0 N–H and O–H groups in total. The third-order valence-corrected chi connectivity index (χ3v) is 7.30. The Morgan fingerprint density at radius 3 is 1.79 bits per heavy atom. The summed E-state index contributed by atoms with van der Waals surface area (Å²) in [5, 5.41) is 0. The number of benzene rings is 3. The number of hydrogen-bond acceptors (Lipinski definition) is 11. The fraction of sp³-hybridized carbons (Fsp3) is 0.324. The molecule has 3 aromatic carbocycles. The second-order valence-corrected chi connectivity index (χ2v) is 10.7. The molecule has 1 aliphatic rings. The Labute approximate surface area is 278 Å². The lowest BCUT2D eigenvalue weighted by atomic mass is 10.0. The minimum Gasteiger partial charge on any atom is -0.494 e. The maximum Gasteiger partial charge on any atom is 0.343 e. The van der Waals surface area contributed by atoms with E-state index in [0.717, 1.165) is 30.0 Å². The molecule has 11 nitrogen and oxygen atoms in total. The van der Waals surface area contributed by atoms with Gasteiger partial charge in [0.15, 0.2) is 18.5 Å². The Morgan fingerprint density at radius 1 is 0.708 bits per heavy atom. The topological polar surface area (TPSA) is 141 Å². The Kier molecular flexibility index (Phi) is 13.2. The van der Waals surface area contributed by atoms with Gasteiger partial charge in [0, 0.05) is 12.0 Å². The highest BCUT2D eigenvalue weighted by Crippen LogP contribution is 2.33. The fourth-order valence-electron chi connectivity index (χ4n) is 4.80. The van der Waals surface area contributed by atoms with Crippen LogP contribution in [0.25, 0.3) is 11.1 Å². The van der Waals surface area contributed by atoms with E-state index >= 15 is 0 Å². The second kappa shape index (κ2) is 17.7. The summed E-state index contributed by atoms with van der Waals surface area (Å²) in [5.41, 5.74) is 2.70. The van der Waals surface area contributed by atoms with Crippen LogP contribution in [0.1, 0.15) is 61.7 Å². The van der Waals surface area contributed by atoms with Gasteiger partial charge in [-0.25, -0.2) is 14.4 Å². The minimum atomic E-state index is -1.27. The summed E-state index contributed by atoms with van der Waals surface area (Å²) in [4.78, 5) is 60.3. The number of unbranched alkanes of at least 4 members (excludes halogenated alkanes) is 2. The molecule has 3 aromatic rings. The van der Waals surface area contributed by atoms with Gasteiger partial charge in [0.25, 0.3) is 0 Å². The fourth-order valence-corrected chi connectivity index (χ4v) is 4.80. The van der Waals surface area contributed by atoms with Crippen LogP contribution in [0.5, 0.6) is 11.5 Å². The maximum absolute atomic E-state index is 12.8. The molecule has 2 atom stereocenters. The third-order valence-electron chi connectivity index (χ3n) is 7.30. The van der Waals surface area contributed by atoms with Crippen LogP contribution in [-0.4, -0.2) is 61.5 Å². The number of ether oxygens (including phenoxy) is 6. The second-order valence-electron chi connectivity index (χ2n) is 10.7. The Hall–Kier alpha value is -5.13. The van der Waals surface area contributed by atoms with Crippen LogP contribution < -0.4 is 9.47 Å². The van der Waals surface area contributed by atoms with E-state index in [1.807, 2.05) is 36.4 Å². The van der Waals surface area contributed by atoms with Crippen LogP contribution in [0.2, 0.25) is 0 Å². The first kappa shape index (κ1) is 35.7. The summed E-state index contributed by atoms with van der Waals surface area (Å²) in [5.74, 6) is -1.96. The number of carbonyl (C=O) groups excluding carboxylic acids is 5. The van der Waals surface area contributed by atoms with Crippen molar-refractivity contribution in [1.82, 2.24) is 0 Å². The Balaban J connectivity index is 1.26. The highest BCUT2D eigenvalue weighted by molar-refractivity contribution is 6.41. The van der Waals surface area contributed by atoms with Crippen molar-refractivity contribution in [2.45, 2.75) is 58.0 Å². The highest BCUT2D eigenvalue weighted by atomic mass is 16.8. The Morgan fingerprint density at radius 2 is 1.25 bits per heavy atom. The van der Waals surface area contributed by atoms with E-state index < -0.39 is 48.0 Å². The average Bonchev–Trinajstić information content (AvgIpc) is 3.56. The van der Waals surface area contributed by atoms with Gasteiger partial charge < -0.3 is 28.4 Å². The van der Waals surface area contributed by atoms with Crippen LogP contribution in [0, 0.1) is 0 Å². The van der Waals surface area contributed by atoms with E-state index in [-0.39, 0.29) is 25.4 Å². The van der Waals surface area contributed by atoms with Crippen LogP contribution in [0.4, 0.5) is 0 Å². The summed E-state index contributed by atoms with van der Waals surface area (Å²) < 4.78 is 32.7. The molecular formula is C37H38O11. The molecule has 1 aliphatic heterocycles. The molecule has 11 heteroatoms. The summed E-state index contributed by atoms with van der Waals surface area (Å²) in [6.45, 7) is 7.33. The van der Waals surface area contributed by atoms with Crippen molar-refractivity contribution in [2.75, 3.05) is 19.8 Å². The Bertz CT molecular complexity index is 1550. The number of rotatable bonds is 17. The van der Waals surface area contributed by atoms with E-state index in [2.05, 4.69) is 6.58 Å². The van der Waals surface area contributed by atoms with Crippen molar-refractivity contribution in [3.63, 3.8) is 0 Å². The molecule has 0 unspecified atom stereocenters. The highest BCUT2D eigenvalue weighted by Gasteiger charge is 2.47. The lowest BCUT2D eigenvalue weighted by Gasteiger charge is -2.13. The molecule has 0 spiro atoms. The summed E-state index contributed by atoms with van der Waals surface area (Å²) in [6, 6.07) is 20.9. The molecule has 1 heterocycles. The lowest BCUT2D eigenvalue weighted by Crippen LogP contribution is -2.39. The van der Waals surface area contributed by atoms with Crippen molar-refractivity contribution in [1.29, 1.82) is 0 Å². The molecule has 48 heavy (non-hydrogen) atoms. The van der Waals surface area contributed by atoms with Crippen LogP contribution in [-0.2, 0) is 38.1 Å². The van der Waals surface area contributed by atoms with Crippen LogP contribution in [0.3, 0.4) is 0 Å². The maximum atomic E-state index is 12.8. The predicted molar refractivity (Wildman–Crippen MR) is 173 cm³/mol. The minimum absolute atomic E-state index is 0.113. The van der Waals surface area contributed by atoms with E-state index in [9.17, 15) is 24.0 Å². The monoisotopic (exact) mass is 658 g/mol. The zero-order valence-electron chi connectivity index (χ0n) is 26.9. The smallest absolute Gasteiger partial charge is 0.343 e. The first-order valence-corrected chi connectivity index (χ1v) is 15.7. The average molecular weight is 659 g/mol. The van der Waals surface area contributed by atoms with E-state index in [4.69, 9.17) is 28.4 Å². The van der Waals surface area contributed by atoms with Gasteiger partial charge in [0.1, 0.15) is 11.5 Å². The zero-order valence-corrected chi connectivity index (χ0v) is 26.9. The van der Waals surface area contributed by atoms with Gasteiger partial charge in [-0.05, 0) is 86.7 Å². The quantitative estimate of drug-likeness (QED) is 0.0576. The van der Waals surface area contributed by atoms with Crippen LogP contribution in [0.15, 0.2) is 85.5 Å². The molecule has 1 saturated heterocycles. The van der Waals surface area contributed by atoms with Gasteiger partial charge >= 0.3 is 17.9 Å². The SMILES string of the molecule is C=CC(=O)C(=O)CCCCCOc1ccc(-c2ccc(C(=O)Oc3ccc(C4O[C@@H](C(=O)OCC)[C@H](C(=O)OCC)O4)cc3)cc2)cc1. The van der Waals surface area contributed by atoms with E-state index in [1.54, 1.807) is 50.2 Å². The summed E-state index contributed by atoms with van der Waals surface area (Å²) in [7, 11) is 0. The lowest BCUT2D eigenvalue weighted by molar-refractivity contribution is -0.163. The molecule has 0 aliphatic carbocycles. The molecule has 0 amide bonds. The van der Waals surface area contributed by atoms with Gasteiger partial charge in [-0.2, -0.15) is 0 Å². The molecule has 252 valence electrons.